The first-order chi connectivity index (χ1) is 9.58. The fourth-order valence-corrected chi connectivity index (χ4v) is 2.78. The predicted molar refractivity (Wildman–Crippen MR) is 90.1 cm³/mol. The molecule has 1 aromatic rings. The van der Waals surface area contributed by atoms with E-state index in [0.717, 1.165) is 23.6 Å². The molecule has 1 amide bonds. The van der Waals surface area contributed by atoms with Crippen molar-refractivity contribution >= 4 is 29.9 Å². The number of amides is 1. The molecule has 0 aromatic heterocycles. The van der Waals surface area contributed by atoms with Crippen LogP contribution in [-0.4, -0.2) is 30.4 Å². The molecule has 0 bridgehead atoms. The van der Waals surface area contributed by atoms with Crippen LogP contribution in [0.1, 0.15) is 44.2 Å². The van der Waals surface area contributed by atoms with E-state index in [9.17, 15) is 4.79 Å². The van der Waals surface area contributed by atoms with Crippen molar-refractivity contribution in [1.29, 1.82) is 0 Å². The number of rotatable bonds is 5. The third kappa shape index (κ3) is 5.17. The average molecular weight is 331 g/mol. The average Bonchev–Trinajstić information content (AvgIpc) is 2.97. The molecule has 0 aliphatic carbocycles. The predicted octanol–water partition coefficient (Wildman–Crippen LogP) is 3.81. The van der Waals surface area contributed by atoms with Crippen molar-refractivity contribution in [2.45, 2.75) is 44.7 Å². The lowest BCUT2D eigenvalue weighted by Crippen LogP contribution is -2.31. The summed E-state index contributed by atoms with van der Waals surface area (Å²) in [5.74, 6) is 0.209. The van der Waals surface area contributed by atoms with E-state index in [1.165, 1.54) is 12.8 Å². The van der Waals surface area contributed by atoms with Gasteiger partial charge in [0.2, 0.25) is 5.91 Å². The quantitative estimate of drug-likeness (QED) is 0.890. The van der Waals surface area contributed by atoms with Crippen molar-refractivity contribution in [2.24, 2.45) is 0 Å². The number of hydrogen-bond acceptors (Lipinski definition) is 2. The molecule has 1 saturated heterocycles. The van der Waals surface area contributed by atoms with Gasteiger partial charge in [0, 0.05) is 24.5 Å². The highest BCUT2D eigenvalue weighted by Gasteiger charge is 2.20. The van der Waals surface area contributed by atoms with Crippen LogP contribution < -0.4 is 5.32 Å². The summed E-state index contributed by atoms with van der Waals surface area (Å²) < 4.78 is 0. The van der Waals surface area contributed by atoms with Gasteiger partial charge in [0.25, 0.3) is 0 Å². The SMILES string of the molecule is CC(c1ccc(Cl)cc1)N(C)C(=O)CCC1CCCN1.Cl. The first-order valence-corrected chi connectivity index (χ1v) is 7.70. The number of hydrogen-bond donors (Lipinski definition) is 1. The van der Waals surface area contributed by atoms with E-state index in [0.29, 0.717) is 12.5 Å². The Bertz CT molecular complexity index is 444. The molecule has 1 aliphatic rings. The largest absolute Gasteiger partial charge is 0.339 e. The van der Waals surface area contributed by atoms with Gasteiger partial charge in [0.05, 0.1) is 6.04 Å². The molecule has 1 N–H and O–H groups in total. The van der Waals surface area contributed by atoms with E-state index in [1.807, 2.05) is 36.2 Å². The van der Waals surface area contributed by atoms with Gasteiger partial charge in [0.1, 0.15) is 0 Å². The molecule has 1 heterocycles. The van der Waals surface area contributed by atoms with Crippen molar-refractivity contribution in [2.75, 3.05) is 13.6 Å². The minimum absolute atomic E-state index is 0. The number of carbonyl (C=O) groups excluding carboxylic acids is 1. The Kier molecular flexibility index (Phi) is 7.50. The first-order valence-electron chi connectivity index (χ1n) is 7.32. The Morgan fingerprint density at radius 2 is 2.10 bits per heavy atom. The van der Waals surface area contributed by atoms with E-state index in [4.69, 9.17) is 11.6 Å². The second-order valence-corrected chi connectivity index (χ2v) is 6.00. The van der Waals surface area contributed by atoms with Crippen LogP contribution in [0.15, 0.2) is 24.3 Å². The smallest absolute Gasteiger partial charge is 0.222 e. The number of halogens is 2. The molecule has 2 unspecified atom stereocenters. The molecule has 3 nitrogen and oxygen atoms in total. The standard InChI is InChI=1S/C16H23ClN2O.ClH/c1-12(13-5-7-14(17)8-6-13)19(2)16(20)10-9-15-4-3-11-18-15;/h5-8,12,15,18H,3-4,9-11H2,1-2H3;1H. The molecule has 5 heteroatoms. The number of nitrogens with one attached hydrogen (secondary N) is 1. The van der Waals surface area contributed by atoms with Gasteiger partial charge in [0.15, 0.2) is 0 Å². The van der Waals surface area contributed by atoms with Crippen molar-refractivity contribution in [1.82, 2.24) is 10.2 Å². The van der Waals surface area contributed by atoms with Gasteiger partial charge in [-0.15, -0.1) is 12.4 Å². The highest BCUT2D eigenvalue weighted by Crippen LogP contribution is 2.22. The van der Waals surface area contributed by atoms with Gasteiger partial charge in [-0.05, 0) is 50.4 Å². The molecule has 1 fully saturated rings. The van der Waals surface area contributed by atoms with Crippen LogP contribution in [0.25, 0.3) is 0 Å². The van der Waals surface area contributed by atoms with Gasteiger partial charge < -0.3 is 10.2 Å². The molecule has 0 saturated carbocycles. The highest BCUT2D eigenvalue weighted by molar-refractivity contribution is 6.30. The van der Waals surface area contributed by atoms with Gasteiger partial charge in [-0.2, -0.15) is 0 Å². The fourth-order valence-electron chi connectivity index (χ4n) is 2.66. The van der Waals surface area contributed by atoms with Crippen LogP contribution in [-0.2, 0) is 4.79 Å². The van der Waals surface area contributed by atoms with Crippen molar-refractivity contribution < 1.29 is 4.79 Å². The van der Waals surface area contributed by atoms with E-state index in [1.54, 1.807) is 0 Å². The second-order valence-electron chi connectivity index (χ2n) is 5.56. The topological polar surface area (TPSA) is 32.3 Å². The molecule has 21 heavy (non-hydrogen) atoms. The molecule has 2 atom stereocenters. The van der Waals surface area contributed by atoms with Crippen LogP contribution in [0.3, 0.4) is 0 Å². The van der Waals surface area contributed by atoms with Crippen LogP contribution in [0.4, 0.5) is 0 Å². The van der Waals surface area contributed by atoms with Crippen LogP contribution in [0.2, 0.25) is 5.02 Å². The van der Waals surface area contributed by atoms with Crippen LogP contribution in [0.5, 0.6) is 0 Å². The monoisotopic (exact) mass is 330 g/mol. The molecule has 1 aliphatic heterocycles. The Labute approximate surface area is 138 Å². The molecule has 2 rings (SSSR count). The third-order valence-corrected chi connectivity index (χ3v) is 4.45. The maximum atomic E-state index is 12.3. The van der Waals surface area contributed by atoms with E-state index in [-0.39, 0.29) is 24.4 Å². The summed E-state index contributed by atoms with van der Waals surface area (Å²) >= 11 is 5.89. The highest BCUT2D eigenvalue weighted by atomic mass is 35.5. The normalized spacial score (nSPS) is 18.9. The van der Waals surface area contributed by atoms with Gasteiger partial charge >= 0.3 is 0 Å². The zero-order valence-electron chi connectivity index (χ0n) is 12.6. The lowest BCUT2D eigenvalue weighted by molar-refractivity contribution is -0.132. The maximum absolute atomic E-state index is 12.3. The molecular weight excluding hydrogens is 307 g/mol. The summed E-state index contributed by atoms with van der Waals surface area (Å²) in [6.45, 7) is 3.14. The minimum atomic E-state index is 0. The van der Waals surface area contributed by atoms with Crippen LogP contribution >= 0.6 is 24.0 Å². The van der Waals surface area contributed by atoms with E-state index < -0.39 is 0 Å². The van der Waals surface area contributed by atoms with Gasteiger partial charge in [-0.25, -0.2) is 0 Å². The Morgan fingerprint density at radius 1 is 1.43 bits per heavy atom. The maximum Gasteiger partial charge on any atom is 0.222 e. The van der Waals surface area contributed by atoms with E-state index >= 15 is 0 Å². The summed E-state index contributed by atoms with van der Waals surface area (Å²) in [4.78, 5) is 14.1. The third-order valence-electron chi connectivity index (χ3n) is 4.20. The summed E-state index contributed by atoms with van der Waals surface area (Å²) in [5.41, 5.74) is 1.12. The molecule has 118 valence electrons. The molecule has 0 radical (unpaired) electrons. The van der Waals surface area contributed by atoms with Crippen molar-refractivity contribution in [3.63, 3.8) is 0 Å². The van der Waals surface area contributed by atoms with Crippen molar-refractivity contribution in [3.05, 3.63) is 34.9 Å². The lowest BCUT2D eigenvalue weighted by Gasteiger charge is -2.26. The van der Waals surface area contributed by atoms with Crippen molar-refractivity contribution in [3.8, 4) is 0 Å². The minimum Gasteiger partial charge on any atom is -0.339 e. The van der Waals surface area contributed by atoms with E-state index in [2.05, 4.69) is 12.2 Å². The summed E-state index contributed by atoms with van der Waals surface area (Å²) in [6, 6.07) is 8.31. The Morgan fingerprint density at radius 3 is 2.67 bits per heavy atom. The number of benzene rings is 1. The Balaban J connectivity index is 0.00000220. The van der Waals surface area contributed by atoms with Crippen LogP contribution in [0, 0.1) is 0 Å². The first kappa shape index (κ1) is 18.3. The lowest BCUT2D eigenvalue weighted by atomic mass is 10.1. The number of carbonyl (C=O) groups is 1. The fraction of sp³-hybridized carbons (Fsp3) is 0.562. The summed E-state index contributed by atoms with van der Waals surface area (Å²) in [5, 5.41) is 4.16. The zero-order chi connectivity index (χ0) is 14.5. The summed E-state index contributed by atoms with van der Waals surface area (Å²) in [7, 11) is 1.88. The molecule has 0 spiro atoms. The molecule has 1 aromatic carbocycles. The summed E-state index contributed by atoms with van der Waals surface area (Å²) in [6.07, 6.45) is 3.99. The second kappa shape index (κ2) is 8.62. The Hall–Kier alpha value is -0.770. The number of nitrogens with zero attached hydrogens (tertiary/aromatic N) is 1. The zero-order valence-corrected chi connectivity index (χ0v) is 14.2. The van der Waals surface area contributed by atoms with Gasteiger partial charge in [-0.3, -0.25) is 4.79 Å². The van der Waals surface area contributed by atoms with Gasteiger partial charge in [-0.1, -0.05) is 23.7 Å². The molecular formula is C16H24Cl2N2O.